The van der Waals surface area contributed by atoms with E-state index in [0.29, 0.717) is 19.3 Å². The minimum absolute atomic E-state index is 0.0689. The van der Waals surface area contributed by atoms with Gasteiger partial charge in [0.05, 0.1) is 0 Å². The van der Waals surface area contributed by atoms with Crippen LogP contribution in [0.3, 0.4) is 0 Å². The Morgan fingerprint density at radius 1 is 0.299 bits per heavy atom. The van der Waals surface area contributed by atoms with Gasteiger partial charge in [0, 0.05) is 19.3 Å². The van der Waals surface area contributed by atoms with E-state index in [9.17, 15) is 14.4 Å². The maximum absolute atomic E-state index is 12.8. The quantitative estimate of drug-likeness (QED) is 0.0262. The second-order valence-electron chi connectivity index (χ2n) is 19.9. The third kappa shape index (κ3) is 54.4. The van der Waals surface area contributed by atoms with Crippen LogP contribution < -0.4 is 0 Å². The molecule has 0 saturated carbocycles. The summed E-state index contributed by atoms with van der Waals surface area (Å²) in [4.78, 5) is 38.0. The zero-order valence-electron chi connectivity index (χ0n) is 44.9. The van der Waals surface area contributed by atoms with E-state index in [1.807, 2.05) is 0 Å². The van der Waals surface area contributed by atoms with Gasteiger partial charge in [-0.3, -0.25) is 14.4 Å². The van der Waals surface area contributed by atoms with Crippen LogP contribution in [0.25, 0.3) is 0 Å². The number of hydrogen-bond donors (Lipinski definition) is 0. The Kier molecular flexibility index (Phi) is 54.2. The molecule has 0 rings (SSSR count). The Hall–Kier alpha value is -2.37. The molecule has 0 spiro atoms. The lowest BCUT2D eigenvalue weighted by Crippen LogP contribution is -2.30. The molecule has 0 aromatic carbocycles. The lowest BCUT2D eigenvalue weighted by molar-refractivity contribution is -0.167. The summed E-state index contributed by atoms with van der Waals surface area (Å²) in [6.45, 7) is 6.64. The SMILES string of the molecule is CCCCCCC/C=C\C/C=C\C/C=C\CCCCCCCCCCCCC(=O)OCC(COC(=O)CCCCCCCCCC)OC(=O)CCCCCCCCCCCCCCCCCC. The minimum atomic E-state index is -0.768. The first-order valence-corrected chi connectivity index (χ1v) is 29.5. The first kappa shape index (κ1) is 64.6. The molecular weight excluding hydrogens is 829 g/mol. The molecule has 0 bridgehead atoms. The maximum atomic E-state index is 12.8. The lowest BCUT2D eigenvalue weighted by Gasteiger charge is -2.18. The molecule has 0 aromatic heterocycles. The third-order valence-electron chi connectivity index (χ3n) is 13.1. The second-order valence-corrected chi connectivity index (χ2v) is 19.9. The number of hydrogen-bond acceptors (Lipinski definition) is 6. The highest BCUT2D eigenvalue weighted by molar-refractivity contribution is 5.71. The number of allylic oxidation sites excluding steroid dienone is 6. The molecule has 0 saturated heterocycles. The van der Waals surface area contributed by atoms with Crippen LogP contribution in [-0.4, -0.2) is 37.2 Å². The lowest BCUT2D eigenvalue weighted by atomic mass is 10.0. The van der Waals surface area contributed by atoms with Crippen molar-refractivity contribution in [2.75, 3.05) is 13.2 Å². The predicted octanol–water partition coefficient (Wildman–Crippen LogP) is 19.7. The largest absolute Gasteiger partial charge is 0.462 e. The molecule has 0 aromatic rings. The summed E-state index contributed by atoms with van der Waals surface area (Å²) in [5.74, 6) is -0.860. The van der Waals surface area contributed by atoms with Crippen LogP contribution in [0, 0.1) is 0 Å². The van der Waals surface area contributed by atoms with E-state index in [1.54, 1.807) is 0 Å². The Balaban J connectivity index is 4.16. The molecule has 0 N–H and O–H groups in total. The van der Waals surface area contributed by atoms with Gasteiger partial charge in [0.25, 0.3) is 0 Å². The number of ether oxygens (including phenoxy) is 3. The van der Waals surface area contributed by atoms with Crippen molar-refractivity contribution in [3.05, 3.63) is 36.5 Å². The normalized spacial score (nSPS) is 12.2. The van der Waals surface area contributed by atoms with E-state index in [-0.39, 0.29) is 31.1 Å². The van der Waals surface area contributed by atoms with Crippen molar-refractivity contribution < 1.29 is 28.6 Å². The Bertz CT molecular complexity index is 1130. The second kappa shape index (κ2) is 56.2. The van der Waals surface area contributed by atoms with Crippen LogP contribution in [0.1, 0.15) is 316 Å². The predicted molar refractivity (Wildman–Crippen MR) is 289 cm³/mol. The fourth-order valence-electron chi connectivity index (χ4n) is 8.69. The Morgan fingerprint density at radius 3 is 0.836 bits per heavy atom. The highest BCUT2D eigenvalue weighted by Gasteiger charge is 2.19. The van der Waals surface area contributed by atoms with Crippen molar-refractivity contribution in [3.8, 4) is 0 Å². The van der Waals surface area contributed by atoms with Crippen LogP contribution in [0.15, 0.2) is 36.5 Å². The zero-order valence-corrected chi connectivity index (χ0v) is 44.9. The summed E-state index contributed by atoms with van der Waals surface area (Å²) < 4.78 is 16.8. The van der Waals surface area contributed by atoms with Gasteiger partial charge >= 0.3 is 17.9 Å². The van der Waals surface area contributed by atoms with Crippen molar-refractivity contribution in [2.45, 2.75) is 322 Å². The van der Waals surface area contributed by atoms with Crippen molar-refractivity contribution in [2.24, 2.45) is 0 Å². The molecule has 0 radical (unpaired) electrons. The van der Waals surface area contributed by atoms with Crippen LogP contribution >= 0.6 is 0 Å². The maximum Gasteiger partial charge on any atom is 0.306 e. The standard InChI is InChI=1S/C61H112O6/c1-4-7-10-13-16-19-21-23-25-27-28-29-30-31-32-33-34-35-37-38-40-42-45-48-51-54-60(63)66-57-58(56-65-59(62)53-50-47-44-18-15-12-9-6-3)67-61(64)55-52-49-46-43-41-39-36-26-24-22-20-17-14-11-8-5-2/h21,23,27-28,30-31,58H,4-20,22,24-26,29,32-57H2,1-3H3/b23-21-,28-27-,31-30-. The summed E-state index contributed by atoms with van der Waals surface area (Å²) in [5.41, 5.74) is 0. The van der Waals surface area contributed by atoms with Gasteiger partial charge in [-0.1, -0.05) is 276 Å². The Labute approximate surface area is 416 Å². The molecule has 67 heavy (non-hydrogen) atoms. The van der Waals surface area contributed by atoms with Crippen LogP contribution in [0.4, 0.5) is 0 Å². The van der Waals surface area contributed by atoms with E-state index >= 15 is 0 Å². The van der Waals surface area contributed by atoms with E-state index in [0.717, 1.165) is 70.6 Å². The highest BCUT2D eigenvalue weighted by atomic mass is 16.6. The summed E-state index contributed by atoms with van der Waals surface area (Å²) in [5, 5.41) is 0. The molecular formula is C61H112O6. The average molecular weight is 942 g/mol. The summed E-state index contributed by atoms with van der Waals surface area (Å²) >= 11 is 0. The Morgan fingerprint density at radius 2 is 0.537 bits per heavy atom. The van der Waals surface area contributed by atoms with Crippen molar-refractivity contribution >= 4 is 17.9 Å². The molecule has 1 atom stereocenters. The molecule has 0 aliphatic heterocycles. The molecule has 6 nitrogen and oxygen atoms in total. The van der Waals surface area contributed by atoms with Gasteiger partial charge in [0.2, 0.25) is 0 Å². The molecule has 0 fully saturated rings. The zero-order chi connectivity index (χ0) is 48.6. The number of carbonyl (C=O) groups excluding carboxylic acids is 3. The van der Waals surface area contributed by atoms with Crippen LogP contribution in [0.5, 0.6) is 0 Å². The fourth-order valence-corrected chi connectivity index (χ4v) is 8.69. The van der Waals surface area contributed by atoms with Crippen molar-refractivity contribution in [1.29, 1.82) is 0 Å². The van der Waals surface area contributed by atoms with Gasteiger partial charge in [-0.25, -0.2) is 0 Å². The number of esters is 3. The van der Waals surface area contributed by atoms with E-state index in [2.05, 4.69) is 57.2 Å². The van der Waals surface area contributed by atoms with Crippen LogP contribution in [-0.2, 0) is 28.6 Å². The third-order valence-corrected chi connectivity index (χ3v) is 13.1. The highest BCUT2D eigenvalue weighted by Crippen LogP contribution is 2.17. The van der Waals surface area contributed by atoms with E-state index in [4.69, 9.17) is 14.2 Å². The van der Waals surface area contributed by atoms with Crippen LogP contribution in [0.2, 0.25) is 0 Å². The first-order chi connectivity index (χ1) is 33.0. The molecule has 0 amide bonds. The molecule has 392 valence electrons. The molecule has 0 heterocycles. The molecule has 0 aliphatic carbocycles. The number of rotatable bonds is 54. The van der Waals surface area contributed by atoms with Gasteiger partial charge in [-0.2, -0.15) is 0 Å². The molecule has 0 aliphatic rings. The molecule has 1 unspecified atom stereocenters. The van der Waals surface area contributed by atoms with E-state index < -0.39 is 6.10 Å². The monoisotopic (exact) mass is 941 g/mol. The summed E-state index contributed by atoms with van der Waals surface area (Å²) in [6.07, 6.45) is 67.2. The number of unbranched alkanes of at least 4 members (excludes halogenated alkanes) is 37. The summed E-state index contributed by atoms with van der Waals surface area (Å²) in [6, 6.07) is 0. The van der Waals surface area contributed by atoms with Crippen molar-refractivity contribution in [1.82, 2.24) is 0 Å². The van der Waals surface area contributed by atoms with Gasteiger partial charge < -0.3 is 14.2 Å². The van der Waals surface area contributed by atoms with E-state index in [1.165, 1.54) is 205 Å². The average Bonchev–Trinajstić information content (AvgIpc) is 3.33. The topological polar surface area (TPSA) is 78.9 Å². The van der Waals surface area contributed by atoms with Gasteiger partial charge in [-0.15, -0.1) is 0 Å². The summed E-state index contributed by atoms with van der Waals surface area (Å²) in [7, 11) is 0. The fraction of sp³-hybridized carbons (Fsp3) is 0.852. The van der Waals surface area contributed by atoms with Gasteiger partial charge in [-0.05, 0) is 57.8 Å². The smallest absolute Gasteiger partial charge is 0.306 e. The first-order valence-electron chi connectivity index (χ1n) is 29.5. The van der Waals surface area contributed by atoms with Gasteiger partial charge in [0.15, 0.2) is 6.10 Å². The minimum Gasteiger partial charge on any atom is -0.462 e. The molecule has 6 heteroatoms. The van der Waals surface area contributed by atoms with Gasteiger partial charge in [0.1, 0.15) is 13.2 Å². The number of carbonyl (C=O) groups is 3. The van der Waals surface area contributed by atoms with Crippen molar-refractivity contribution in [3.63, 3.8) is 0 Å².